The molecule has 0 aromatic rings. The molecule has 1 aliphatic carbocycles. The van der Waals surface area contributed by atoms with Gasteiger partial charge < -0.3 is 11.1 Å². The Labute approximate surface area is 95.6 Å². The molecule has 3 nitrogen and oxygen atoms in total. The van der Waals surface area contributed by atoms with E-state index in [0.717, 1.165) is 25.8 Å². The lowest BCUT2D eigenvalue weighted by molar-refractivity contribution is -0.135. The van der Waals surface area contributed by atoms with Crippen LogP contribution in [-0.4, -0.2) is 30.5 Å². The molecule has 1 atom stereocenters. The molecule has 2 aliphatic rings. The number of carbonyl (C=O) groups excluding carboxylic acids is 1. The van der Waals surface area contributed by atoms with Gasteiger partial charge in [-0.05, 0) is 36.7 Å². The molecule has 1 unspecified atom stereocenters. The normalized spacial score (nSPS) is 28.5. The summed E-state index contributed by atoms with van der Waals surface area (Å²) in [6.45, 7) is 1.37. The fourth-order valence-electron chi connectivity index (χ4n) is 2.30. The van der Waals surface area contributed by atoms with Crippen molar-refractivity contribution in [3.05, 3.63) is 0 Å². The van der Waals surface area contributed by atoms with Crippen LogP contribution in [0.5, 0.6) is 0 Å². The van der Waals surface area contributed by atoms with E-state index < -0.39 is 0 Å². The highest BCUT2D eigenvalue weighted by atomic mass is 32.2. The smallest absolute Gasteiger partial charge is 0.227 e. The molecule has 2 rings (SSSR count). The first-order chi connectivity index (χ1) is 7.27. The molecule has 1 heterocycles. The van der Waals surface area contributed by atoms with Gasteiger partial charge in [0, 0.05) is 13.1 Å². The third kappa shape index (κ3) is 2.31. The van der Waals surface area contributed by atoms with Crippen LogP contribution in [0, 0.1) is 11.3 Å². The first-order valence-corrected chi connectivity index (χ1v) is 6.98. The number of amides is 1. The summed E-state index contributed by atoms with van der Waals surface area (Å²) in [5.41, 5.74) is 5.49. The molecule has 86 valence electrons. The van der Waals surface area contributed by atoms with Gasteiger partial charge in [-0.15, -0.1) is 0 Å². The van der Waals surface area contributed by atoms with E-state index in [1.807, 2.05) is 11.8 Å². The maximum atomic E-state index is 11.9. The maximum Gasteiger partial charge on any atom is 0.227 e. The summed E-state index contributed by atoms with van der Waals surface area (Å²) in [4.78, 5) is 11.9. The molecule has 0 aromatic heterocycles. The maximum absolute atomic E-state index is 11.9. The number of rotatable bonds is 4. The average Bonchev–Trinajstić information content (AvgIpc) is 2.66. The van der Waals surface area contributed by atoms with Gasteiger partial charge in [0.25, 0.3) is 0 Å². The molecule has 1 aliphatic heterocycles. The number of hydrogen-bond acceptors (Lipinski definition) is 3. The lowest BCUT2D eigenvalue weighted by Crippen LogP contribution is -2.51. The third-order valence-electron chi connectivity index (χ3n) is 3.76. The first-order valence-electron chi connectivity index (χ1n) is 5.83. The van der Waals surface area contributed by atoms with Crippen molar-refractivity contribution in [3.8, 4) is 0 Å². The summed E-state index contributed by atoms with van der Waals surface area (Å²) in [6, 6.07) is 0. The zero-order valence-corrected chi connectivity index (χ0v) is 9.94. The van der Waals surface area contributed by atoms with Crippen molar-refractivity contribution < 1.29 is 4.79 Å². The fourth-order valence-corrected chi connectivity index (χ4v) is 3.58. The second-order valence-electron chi connectivity index (χ2n) is 4.78. The molecule has 4 heteroatoms. The summed E-state index contributed by atoms with van der Waals surface area (Å²) in [5.74, 6) is 3.35. The zero-order chi connectivity index (χ0) is 10.7. The van der Waals surface area contributed by atoms with Gasteiger partial charge in [0.15, 0.2) is 0 Å². The van der Waals surface area contributed by atoms with E-state index in [2.05, 4.69) is 5.32 Å². The highest BCUT2D eigenvalue weighted by Gasteiger charge is 2.42. The molecular formula is C11H20N2OS. The first kappa shape index (κ1) is 11.3. The number of thioether (sulfide) groups is 1. The Kier molecular flexibility index (Phi) is 3.57. The second-order valence-corrected chi connectivity index (χ2v) is 5.93. The average molecular weight is 228 g/mol. The van der Waals surface area contributed by atoms with Gasteiger partial charge >= 0.3 is 0 Å². The molecule has 2 fully saturated rings. The van der Waals surface area contributed by atoms with E-state index in [-0.39, 0.29) is 11.3 Å². The van der Waals surface area contributed by atoms with Crippen LogP contribution < -0.4 is 11.1 Å². The van der Waals surface area contributed by atoms with Crippen molar-refractivity contribution in [1.29, 1.82) is 0 Å². The van der Waals surface area contributed by atoms with Crippen molar-refractivity contribution in [3.63, 3.8) is 0 Å². The van der Waals surface area contributed by atoms with Gasteiger partial charge in [0.2, 0.25) is 5.91 Å². The second kappa shape index (κ2) is 4.74. The van der Waals surface area contributed by atoms with Gasteiger partial charge in [0.05, 0.1) is 5.41 Å². The summed E-state index contributed by atoms with van der Waals surface area (Å²) in [7, 11) is 0. The van der Waals surface area contributed by atoms with E-state index in [0.29, 0.717) is 12.5 Å². The van der Waals surface area contributed by atoms with Crippen molar-refractivity contribution in [1.82, 2.24) is 5.32 Å². The Morgan fingerprint density at radius 1 is 1.53 bits per heavy atom. The van der Waals surface area contributed by atoms with E-state index in [4.69, 9.17) is 5.73 Å². The highest BCUT2D eigenvalue weighted by molar-refractivity contribution is 7.99. The van der Waals surface area contributed by atoms with Crippen LogP contribution in [0.25, 0.3) is 0 Å². The zero-order valence-electron chi connectivity index (χ0n) is 9.13. The molecule has 1 saturated heterocycles. The Bertz CT molecular complexity index is 229. The topological polar surface area (TPSA) is 55.1 Å². The predicted molar refractivity (Wildman–Crippen MR) is 63.8 cm³/mol. The molecular weight excluding hydrogens is 208 g/mol. The Morgan fingerprint density at radius 2 is 2.33 bits per heavy atom. The van der Waals surface area contributed by atoms with Crippen LogP contribution in [0.2, 0.25) is 0 Å². The number of hydrogen-bond donors (Lipinski definition) is 2. The molecule has 15 heavy (non-hydrogen) atoms. The quantitative estimate of drug-likeness (QED) is 0.754. The Hall–Kier alpha value is -0.220. The summed E-state index contributed by atoms with van der Waals surface area (Å²) in [6.07, 6.45) is 4.37. The van der Waals surface area contributed by atoms with Crippen LogP contribution in [0.15, 0.2) is 0 Å². The summed E-state index contributed by atoms with van der Waals surface area (Å²) >= 11 is 1.99. The molecule has 1 amide bonds. The number of nitrogens with one attached hydrogen (secondary N) is 1. The van der Waals surface area contributed by atoms with Crippen LogP contribution in [0.3, 0.4) is 0 Å². The van der Waals surface area contributed by atoms with Gasteiger partial charge in [0.1, 0.15) is 0 Å². The standard InChI is InChI=1S/C11H20N2OS/c12-8-11(3-1-4-11)10(14)13-6-9-2-5-15-7-9/h9H,1-8,12H2,(H,13,14). The monoisotopic (exact) mass is 228 g/mol. The minimum absolute atomic E-state index is 0.202. The molecule has 0 spiro atoms. The molecule has 1 saturated carbocycles. The van der Waals surface area contributed by atoms with Crippen LogP contribution in [0.1, 0.15) is 25.7 Å². The number of nitrogens with two attached hydrogens (primary N) is 1. The van der Waals surface area contributed by atoms with Crippen LogP contribution >= 0.6 is 11.8 Å². The molecule has 0 bridgehead atoms. The summed E-state index contributed by atoms with van der Waals surface area (Å²) < 4.78 is 0. The van der Waals surface area contributed by atoms with E-state index in [1.54, 1.807) is 0 Å². The largest absolute Gasteiger partial charge is 0.355 e. The molecule has 0 aromatic carbocycles. The van der Waals surface area contributed by atoms with Gasteiger partial charge in [-0.1, -0.05) is 6.42 Å². The highest BCUT2D eigenvalue weighted by Crippen LogP contribution is 2.40. The number of carbonyl (C=O) groups is 1. The SMILES string of the molecule is NCC1(C(=O)NCC2CCSC2)CCC1. The van der Waals surface area contributed by atoms with Gasteiger partial charge in [-0.25, -0.2) is 0 Å². The van der Waals surface area contributed by atoms with Crippen LogP contribution in [0.4, 0.5) is 0 Å². The molecule has 0 radical (unpaired) electrons. The van der Waals surface area contributed by atoms with Gasteiger partial charge in [-0.2, -0.15) is 11.8 Å². The lowest BCUT2D eigenvalue weighted by Gasteiger charge is -2.39. The van der Waals surface area contributed by atoms with Crippen molar-refractivity contribution in [2.75, 3.05) is 24.6 Å². The van der Waals surface area contributed by atoms with Crippen molar-refractivity contribution in [2.24, 2.45) is 17.1 Å². The predicted octanol–water partition coefficient (Wildman–Crippen LogP) is 0.985. The van der Waals surface area contributed by atoms with Crippen molar-refractivity contribution >= 4 is 17.7 Å². The Balaban J connectivity index is 1.76. The van der Waals surface area contributed by atoms with E-state index in [1.165, 1.54) is 17.9 Å². The van der Waals surface area contributed by atoms with Gasteiger partial charge in [-0.3, -0.25) is 4.79 Å². The minimum atomic E-state index is -0.203. The molecule has 3 N–H and O–H groups in total. The lowest BCUT2D eigenvalue weighted by atomic mass is 9.68. The Morgan fingerprint density at radius 3 is 2.80 bits per heavy atom. The fraction of sp³-hybridized carbons (Fsp3) is 0.909. The summed E-state index contributed by atoms with van der Waals surface area (Å²) in [5, 5.41) is 3.09. The van der Waals surface area contributed by atoms with Crippen molar-refractivity contribution in [2.45, 2.75) is 25.7 Å². The van der Waals surface area contributed by atoms with E-state index in [9.17, 15) is 4.79 Å². The third-order valence-corrected chi connectivity index (χ3v) is 4.99. The minimum Gasteiger partial charge on any atom is -0.355 e. The van der Waals surface area contributed by atoms with E-state index >= 15 is 0 Å². The van der Waals surface area contributed by atoms with Crippen LogP contribution in [-0.2, 0) is 4.79 Å².